The molecular weight excluding hydrogens is 364 g/mol. The molecule has 0 aromatic heterocycles. The van der Waals surface area contributed by atoms with Crippen molar-refractivity contribution < 1.29 is 5.11 Å². The van der Waals surface area contributed by atoms with Crippen LogP contribution in [0.2, 0.25) is 0 Å². The van der Waals surface area contributed by atoms with E-state index in [1.165, 1.54) is 51.4 Å². The monoisotopic (exact) mass is 412 g/mol. The molecule has 170 valence electrons. The molecule has 4 aliphatic rings. The summed E-state index contributed by atoms with van der Waals surface area (Å²) in [4.78, 5) is 0. The Labute approximate surface area is 186 Å². The first-order chi connectivity index (χ1) is 14.2. The zero-order chi connectivity index (χ0) is 21.7. The highest BCUT2D eigenvalue weighted by molar-refractivity contribution is 5.26. The molecule has 0 unspecified atom stereocenters. The van der Waals surface area contributed by atoms with Crippen molar-refractivity contribution in [3.05, 3.63) is 23.3 Å². The van der Waals surface area contributed by atoms with Gasteiger partial charge in [0.2, 0.25) is 0 Å². The number of allylic oxidation sites excluding steroid dienone is 3. The van der Waals surface area contributed by atoms with E-state index in [4.69, 9.17) is 0 Å². The van der Waals surface area contributed by atoms with E-state index >= 15 is 0 Å². The minimum absolute atomic E-state index is 0.0869. The van der Waals surface area contributed by atoms with Crippen molar-refractivity contribution in [2.75, 3.05) is 0 Å². The smallest absolute Gasteiger partial charge is 0.0577 e. The molecule has 0 bridgehead atoms. The van der Waals surface area contributed by atoms with Crippen LogP contribution in [0.4, 0.5) is 0 Å². The Kier molecular flexibility index (Phi) is 6.35. The van der Waals surface area contributed by atoms with Crippen molar-refractivity contribution in [3.8, 4) is 0 Å². The van der Waals surface area contributed by atoms with Crippen LogP contribution in [0.5, 0.6) is 0 Å². The Morgan fingerprint density at radius 1 is 1.13 bits per heavy atom. The molecule has 8 atom stereocenters. The summed E-state index contributed by atoms with van der Waals surface area (Å²) in [5.74, 6) is 5.07. The molecule has 0 aromatic carbocycles. The predicted molar refractivity (Wildman–Crippen MR) is 128 cm³/mol. The fraction of sp³-hybridized carbons (Fsp3) is 0.862. The summed E-state index contributed by atoms with van der Waals surface area (Å²) in [5, 5.41) is 10.2. The van der Waals surface area contributed by atoms with Crippen LogP contribution in [-0.2, 0) is 0 Å². The van der Waals surface area contributed by atoms with Gasteiger partial charge >= 0.3 is 0 Å². The fourth-order valence-electron chi connectivity index (χ4n) is 8.78. The zero-order valence-corrected chi connectivity index (χ0v) is 20.7. The molecule has 0 spiro atoms. The van der Waals surface area contributed by atoms with Gasteiger partial charge in [0.15, 0.2) is 0 Å². The van der Waals surface area contributed by atoms with Crippen LogP contribution in [0.1, 0.15) is 106 Å². The van der Waals surface area contributed by atoms with Crippen molar-refractivity contribution in [2.45, 2.75) is 112 Å². The lowest BCUT2D eigenvalue weighted by Gasteiger charge is -2.58. The number of aliphatic hydroxyl groups is 1. The van der Waals surface area contributed by atoms with Crippen molar-refractivity contribution in [1.82, 2.24) is 0 Å². The molecule has 0 aliphatic heterocycles. The average molecular weight is 413 g/mol. The molecule has 0 saturated heterocycles. The lowest BCUT2D eigenvalue weighted by Crippen LogP contribution is -2.50. The summed E-state index contributed by atoms with van der Waals surface area (Å²) < 4.78 is 0. The van der Waals surface area contributed by atoms with Crippen molar-refractivity contribution in [2.24, 2.45) is 46.3 Å². The van der Waals surface area contributed by atoms with E-state index in [-0.39, 0.29) is 6.10 Å². The number of fused-ring (bicyclic) bond motifs is 5. The fourth-order valence-corrected chi connectivity index (χ4v) is 8.78. The first-order valence-electron chi connectivity index (χ1n) is 13.2. The van der Waals surface area contributed by atoms with Gasteiger partial charge in [0.25, 0.3) is 0 Å². The van der Waals surface area contributed by atoms with Gasteiger partial charge in [-0.05, 0) is 111 Å². The van der Waals surface area contributed by atoms with Gasteiger partial charge in [-0.2, -0.15) is 0 Å². The van der Waals surface area contributed by atoms with E-state index in [2.05, 4.69) is 53.7 Å². The third kappa shape index (κ3) is 3.66. The molecule has 4 rings (SSSR count). The Hall–Kier alpha value is -0.560. The van der Waals surface area contributed by atoms with E-state index in [1.807, 2.05) is 0 Å². The summed E-state index contributed by atoms with van der Waals surface area (Å²) in [6.07, 6.45) is 17.8. The second-order valence-electron chi connectivity index (χ2n) is 12.4. The number of hydrogen-bond acceptors (Lipinski definition) is 1. The molecule has 0 aromatic rings. The third-order valence-electron chi connectivity index (χ3n) is 10.8. The second kappa shape index (κ2) is 8.42. The van der Waals surface area contributed by atoms with Gasteiger partial charge in [-0.3, -0.25) is 0 Å². The molecule has 3 saturated carbocycles. The Balaban J connectivity index is 1.53. The van der Waals surface area contributed by atoms with Crippen LogP contribution in [0.3, 0.4) is 0 Å². The third-order valence-corrected chi connectivity index (χ3v) is 10.8. The highest BCUT2D eigenvalue weighted by atomic mass is 16.3. The lowest BCUT2D eigenvalue weighted by molar-refractivity contribution is -0.0454. The van der Waals surface area contributed by atoms with Crippen LogP contribution in [0, 0.1) is 46.3 Å². The molecule has 0 heterocycles. The minimum atomic E-state index is -0.0869. The molecule has 0 amide bonds. The molecule has 3 fully saturated rings. The minimum Gasteiger partial charge on any atom is -0.393 e. The largest absolute Gasteiger partial charge is 0.393 e. The van der Waals surface area contributed by atoms with Crippen molar-refractivity contribution in [1.29, 1.82) is 0 Å². The summed E-state index contributed by atoms with van der Waals surface area (Å²) in [5.41, 5.74) is 4.20. The Morgan fingerprint density at radius 3 is 2.60 bits per heavy atom. The summed E-state index contributed by atoms with van der Waals surface area (Å²) in [7, 11) is 0. The summed E-state index contributed by atoms with van der Waals surface area (Å²) in [6, 6.07) is 0. The van der Waals surface area contributed by atoms with E-state index in [9.17, 15) is 5.11 Å². The van der Waals surface area contributed by atoms with Gasteiger partial charge < -0.3 is 5.11 Å². The average Bonchev–Trinajstić information content (AvgIpc) is 3.06. The molecule has 1 nitrogen and oxygen atoms in total. The summed E-state index contributed by atoms with van der Waals surface area (Å²) in [6.45, 7) is 14.8. The molecule has 30 heavy (non-hydrogen) atoms. The molecule has 0 radical (unpaired) electrons. The molecular formula is C29H48O. The normalized spacial score (nSPS) is 44.9. The quantitative estimate of drug-likeness (QED) is 0.454. The van der Waals surface area contributed by atoms with Crippen LogP contribution in [-0.4, -0.2) is 11.2 Å². The zero-order valence-electron chi connectivity index (χ0n) is 20.7. The van der Waals surface area contributed by atoms with Gasteiger partial charge in [0.05, 0.1) is 6.10 Å². The van der Waals surface area contributed by atoms with Gasteiger partial charge in [-0.25, -0.2) is 0 Å². The van der Waals surface area contributed by atoms with E-state index in [0.29, 0.717) is 10.8 Å². The highest BCUT2D eigenvalue weighted by Crippen LogP contribution is 2.67. The topological polar surface area (TPSA) is 20.2 Å². The van der Waals surface area contributed by atoms with Crippen LogP contribution < -0.4 is 0 Å². The predicted octanol–water partition coefficient (Wildman–Crippen LogP) is 7.94. The number of aliphatic hydroxyl groups excluding tert-OH is 1. The number of rotatable bonds is 5. The maximum atomic E-state index is 10.2. The van der Waals surface area contributed by atoms with Crippen molar-refractivity contribution in [3.63, 3.8) is 0 Å². The number of hydrogen-bond donors (Lipinski definition) is 1. The van der Waals surface area contributed by atoms with E-state index in [0.717, 1.165) is 48.3 Å². The van der Waals surface area contributed by atoms with Gasteiger partial charge in [-0.1, -0.05) is 64.3 Å². The summed E-state index contributed by atoms with van der Waals surface area (Å²) >= 11 is 0. The second-order valence-corrected chi connectivity index (χ2v) is 12.4. The Bertz CT molecular complexity index is 686. The van der Waals surface area contributed by atoms with Gasteiger partial charge in [0, 0.05) is 0 Å². The maximum absolute atomic E-state index is 10.2. The SMILES string of the molecule is CC[C@H](C/C=C(\C)[C@H]1CC[C@@H]2[C@H]3CC=C4C[C@H](O)CC[C@@]4(C)[C@@H]3CC[C@]12C)C(C)C. The highest BCUT2D eigenvalue weighted by Gasteiger charge is 2.58. The van der Waals surface area contributed by atoms with E-state index in [1.54, 1.807) is 11.1 Å². The van der Waals surface area contributed by atoms with Crippen LogP contribution in [0.25, 0.3) is 0 Å². The molecule has 1 heteroatoms. The molecule has 4 aliphatic carbocycles. The first-order valence-corrected chi connectivity index (χ1v) is 13.2. The van der Waals surface area contributed by atoms with Crippen LogP contribution in [0.15, 0.2) is 23.3 Å². The Morgan fingerprint density at radius 2 is 1.90 bits per heavy atom. The molecule has 1 N–H and O–H groups in total. The standard InChI is InChI=1S/C29H48O/c1-7-21(19(2)3)9-8-20(4)25-12-13-26-24-11-10-22-18-23(30)14-16-28(22,5)27(24)15-17-29(25,26)6/h8,10,19,21,23-27,30H,7,9,11-18H2,1-6H3/b20-8+/t21-,23-,24-,25-,26-,27-,28-,29-/m1/s1. The van der Waals surface area contributed by atoms with E-state index < -0.39 is 0 Å². The lowest BCUT2D eigenvalue weighted by atomic mass is 9.47. The van der Waals surface area contributed by atoms with Gasteiger partial charge in [0.1, 0.15) is 0 Å². The van der Waals surface area contributed by atoms with Gasteiger partial charge in [-0.15, -0.1) is 0 Å². The van der Waals surface area contributed by atoms with Crippen LogP contribution >= 0.6 is 0 Å². The maximum Gasteiger partial charge on any atom is 0.0577 e. The van der Waals surface area contributed by atoms with Crippen molar-refractivity contribution >= 4 is 0 Å². The first kappa shape index (κ1) is 22.6.